The van der Waals surface area contributed by atoms with Crippen LogP contribution in [0.5, 0.6) is 0 Å². The number of aryl methyl sites for hydroxylation is 1. The summed E-state index contributed by atoms with van der Waals surface area (Å²) >= 11 is 0. The smallest absolute Gasteiger partial charge is 0.223 e. The van der Waals surface area contributed by atoms with Crippen LogP contribution in [0.1, 0.15) is 23.1 Å². The van der Waals surface area contributed by atoms with Crippen LogP contribution in [0.4, 0.5) is 0 Å². The van der Waals surface area contributed by atoms with E-state index in [0.717, 1.165) is 16.7 Å². The molecule has 1 atom stereocenters. The Kier molecular flexibility index (Phi) is 5.74. The third-order valence-electron chi connectivity index (χ3n) is 4.54. The maximum atomic E-state index is 12.3. The van der Waals surface area contributed by atoms with Crippen LogP contribution in [-0.2, 0) is 27.1 Å². The Hall–Kier alpha value is -2.18. The topological polar surface area (TPSA) is 66.5 Å². The van der Waals surface area contributed by atoms with Crippen LogP contribution in [0.25, 0.3) is 0 Å². The van der Waals surface area contributed by atoms with E-state index in [4.69, 9.17) is 0 Å². The Morgan fingerprint density at radius 1 is 1.08 bits per heavy atom. The van der Waals surface area contributed by atoms with Gasteiger partial charge in [0, 0.05) is 26.1 Å². The first-order valence-electron chi connectivity index (χ1n) is 8.76. The van der Waals surface area contributed by atoms with Crippen molar-refractivity contribution < 1.29 is 13.2 Å². The average molecular weight is 372 g/mol. The number of rotatable bonds is 7. The molecule has 0 spiro atoms. The van der Waals surface area contributed by atoms with Crippen molar-refractivity contribution in [2.45, 2.75) is 25.6 Å². The molecule has 0 aromatic heterocycles. The van der Waals surface area contributed by atoms with Gasteiger partial charge in [-0.1, -0.05) is 60.2 Å². The standard InChI is InChI=1S/C20H24N2O3S/c1-16-6-5-9-18(10-16)15-26(24,25)21-12-19-11-20(23)22(14-19)13-17-7-3-2-4-8-17/h2-10,19,21H,11-15H2,1H3. The van der Waals surface area contributed by atoms with Gasteiger partial charge < -0.3 is 4.90 Å². The molecular formula is C20H24N2O3S. The Morgan fingerprint density at radius 3 is 2.54 bits per heavy atom. The second kappa shape index (κ2) is 8.01. The van der Waals surface area contributed by atoms with Gasteiger partial charge in [-0.25, -0.2) is 13.1 Å². The Labute approximate surface area is 155 Å². The molecule has 0 saturated carbocycles. The van der Waals surface area contributed by atoms with Crippen molar-refractivity contribution in [3.05, 3.63) is 71.3 Å². The average Bonchev–Trinajstić information content (AvgIpc) is 2.94. The molecule has 1 aliphatic heterocycles. The maximum absolute atomic E-state index is 12.3. The van der Waals surface area contributed by atoms with Gasteiger partial charge in [-0.3, -0.25) is 4.79 Å². The summed E-state index contributed by atoms with van der Waals surface area (Å²) in [4.78, 5) is 14.0. The molecular weight excluding hydrogens is 348 g/mol. The predicted molar refractivity (Wildman–Crippen MR) is 102 cm³/mol. The first-order chi connectivity index (χ1) is 12.4. The van der Waals surface area contributed by atoms with E-state index < -0.39 is 10.0 Å². The number of likely N-dealkylation sites (tertiary alicyclic amines) is 1. The molecule has 0 aliphatic carbocycles. The first kappa shape index (κ1) is 18.6. The molecule has 2 aromatic carbocycles. The predicted octanol–water partition coefficient (Wildman–Crippen LogP) is 2.46. The summed E-state index contributed by atoms with van der Waals surface area (Å²) in [5.41, 5.74) is 2.89. The van der Waals surface area contributed by atoms with Crippen LogP contribution in [-0.4, -0.2) is 32.3 Å². The molecule has 1 N–H and O–H groups in total. The lowest BCUT2D eigenvalue weighted by atomic mass is 10.1. The quantitative estimate of drug-likeness (QED) is 0.812. The van der Waals surface area contributed by atoms with E-state index >= 15 is 0 Å². The minimum Gasteiger partial charge on any atom is -0.338 e. The zero-order valence-electron chi connectivity index (χ0n) is 14.9. The van der Waals surface area contributed by atoms with Crippen LogP contribution < -0.4 is 4.72 Å². The lowest BCUT2D eigenvalue weighted by Gasteiger charge is -2.17. The molecule has 5 nitrogen and oxygen atoms in total. The van der Waals surface area contributed by atoms with Crippen LogP contribution in [0.2, 0.25) is 0 Å². The van der Waals surface area contributed by atoms with E-state index in [9.17, 15) is 13.2 Å². The number of nitrogens with one attached hydrogen (secondary N) is 1. The molecule has 0 bridgehead atoms. The van der Waals surface area contributed by atoms with Crippen LogP contribution in [0.3, 0.4) is 0 Å². The van der Waals surface area contributed by atoms with Crippen molar-refractivity contribution in [2.75, 3.05) is 13.1 Å². The third-order valence-corrected chi connectivity index (χ3v) is 5.86. The molecule has 1 amide bonds. The van der Waals surface area contributed by atoms with Crippen molar-refractivity contribution >= 4 is 15.9 Å². The summed E-state index contributed by atoms with van der Waals surface area (Å²) in [6.07, 6.45) is 0.389. The number of hydrogen-bond donors (Lipinski definition) is 1. The van der Waals surface area contributed by atoms with Crippen molar-refractivity contribution in [2.24, 2.45) is 5.92 Å². The number of benzene rings is 2. The molecule has 1 heterocycles. The zero-order chi connectivity index (χ0) is 18.6. The molecule has 6 heteroatoms. The molecule has 1 unspecified atom stereocenters. The fraction of sp³-hybridized carbons (Fsp3) is 0.350. The molecule has 3 rings (SSSR count). The molecule has 1 fully saturated rings. The summed E-state index contributed by atoms with van der Waals surface area (Å²) in [6, 6.07) is 17.3. The summed E-state index contributed by atoms with van der Waals surface area (Å²) in [5.74, 6) is 0.0542. The first-order valence-corrected chi connectivity index (χ1v) is 10.4. The van der Waals surface area contributed by atoms with E-state index in [0.29, 0.717) is 26.1 Å². The van der Waals surface area contributed by atoms with E-state index in [1.807, 2.05) is 61.5 Å². The second-order valence-corrected chi connectivity index (χ2v) is 8.73. The van der Waals surface area contributed by atoms with Gasteiger partial charge in [-0.15, -0.1) is 0 Å². The van der Waals surface area contributed by atoms with Crippen molar-refractivity contribution in [1.82, 2.24) is 9.62 Å². The highest BCUT2D eigenvalue weighted by Crippen LogP contribution is 2.20. The van der Waals surface area contributed by atoms with Gasteiger partial charge in [0.2, 0.25) is 15.9 Å². The minimum atomic E-state index is -3.41. The van der Waals surface area contributed by atoms with E-state index in [2.05, 4.69) is 4.72 Å². The number of amides is 1. The third kappa shape index (κ3) is 5.16. The van der Waals surface area contributed by atoms with Crippen LogP contribution >= 0.6 is 0 Å². The van der Waals surface area contributed by atoms with E-state index in [1.54, 1.807) is 4.90 Å². The monoisotopic (exact) mass is 372 g/mol. The van der Waals surface area contributed by atoms with Gasteiger partial charge in [0.15, 0.2) is 0 Å². The van der Waals surface area contributed by atoms with Gasteiger partial charge in [0.1, 0.15) is 0 Å². The van der Waals surface area contributed by atoms with Gasteiger partial charge in [0.25, 0.3) is 0 Å². The van der Waals surface area contributed by atoms with Crippen molar-refractivity contribution in [1.29, 1.82) is 0 Å². The largest absolute Gasteiger partial charge is 0.338 e. The second-order valence-electron chi connectivity index (χ2n) is 6.93. The number of carbonyl (C=O) groups is 1. The molecule has 0 radical (unpaired) electrons. The Bertz CT molecular complexity index is 866. The normalized spacial score (nSPS) is 17.7. The summed E-state index contributed by atoms with van der Waals surface area (Å²) in [7, 11) is -3.41. The molecule has 1 aliphatic rings. The number of hydrogen-bond acceptors (Lipinski definition) is 3. The van der Waals surface area contributed by atoms with E-state index in [-0.39, 0.29) is 17.6 Å². The highest BCUT2D eigenvalue weighted by atomic mass is 32.2. The maximum Gasteiger partial charge on any atom is 0.223 e. The van der Waals surface area contributed by atoms with Gasteiger partial charge in [0.05, 0.1) is 5.75 Å². The molecule has 2 aromatic rings. The van der Waals surface area contributed by atoms with E-state index in [1.165, 1.54) is 0 Å². The van der Waals surface area contributed by atoms with Crippen LogP contribution in [0.15, 0.2) is 54.6 Å². The molecule has 26 heavy (non-hydrogen) atoms. The fourth-order valence-electron chi connectivity index (χ4n) is 3.26. The Balaban J connectivity index is 1.52. The van der Waals surface area contributed by atoms with Gasteiger partial charge in [-0.2, -0.15) is 0 Å². The SMILES string of the molecule is Cc1cccc(CS(=O)(=O)NCC2CC(=O)N(Cc3ccccc3)C2)c1. The number of sulfonamides is 1. The lowest BCUT2D eigenvalue weighted by Crippen LogP contribution is -2.32. The van der Waals surface area contributed by atoms with Crippen molar-refractivity contribution in [3.8, 4) is 0 Å². The number of nitrogens with zero attached hydrogens (tertiary/aromatic N) is 1. The fourth-order valence-corrected chi connectivity index (χ4v) is 4.47. The molecule has 138 valence electrons. The molecule has 1 saturated heterocycles. The lowest BCUT2D eigenvalue weighted by molar-refractivity contribution is -0.128. The van der Waals surface area contributed by atoms with Crippen molar-refractivity contribution in [3.63, 3.8) is 0 Å². The minimum absolute atomic E-state index is 0.0125. The number of carbonyl (C=O) groups excluding carboxylic acids is 1. The summed E-state index contributed by atoms with van der Waals surface area (Å²) < 4.78 is 27.3. The van der Waals surface area contributed by atoms with Gasteiger partial charge in [-0.05, 0) is 24.0 Å². The summed E-state index contributed by atoms with van der Waals surface area (Å²) in [5, 5.41) is 0. The van der Waals surface area contributed by atoms with Gasteiger partial charge >= 0.3 is 0 Å². The summed E-state index contributed by atoms with van der Waals surface area (Å²) in [6.45, 7) is 3.40. The van der Waals surface area contributed by atoms with Crippen LogP contribution in [0, 0.1) is 12.8 Å². The highest BCUT2D eigenvalue weighted by molar-refractivity contribution is 7.88. The zero-order valence-corrected chi connectivity index (χ0v) is 15.7. The Morgan fingerprint density at radius 2 is 1.81 bits per heavy atom. The highest BCUT2D eigenvalue weighted by Gasteiger charge is 2.30.